The van der Waals surface area contributed by atoms with Crippen molar-refractivity contribution in [2.24, 2.45) is 0 Å². The van der Waals surface area contributed by atoms with E-state index in [0.29, 0.717) is 22.5 Å². The standard InChI is InChI=1S/C15H12FN5/c16-12-4-2-1-3-10(12)15-11-5-13(9(6-17)7-18)19-8-14(11)20-21-15/h1-9,17-18H,(H,20,21). The van der Waals surface area contributed by atoms with Gasteiger partial charge in [0.25, 0.3) is 0 Å². The molecule has 3 aromatic rings. The quantitative estimate of drug-likeness (QED) is 0.641. The summed E-state index contributed by atoms with van der Waals surface area (Å²) < 4.78 is 13.9. The maximum absolute atomic E-state index is 13.9. The third kappa shape index (κ3) is 2.20. The summed E-state index contributed by atoms with van der Waals surface area (Å²) in [6, 6.07) is 8.16. The van der Waals surface area contributed by atoms with E-state index in [1.54, 1.807) is 30.5 Å². The average molecular weight is 281 g/mol. The molecule has 0 atom stereocenters. The van der Waals surface area contributed by atoms with Gasteiger partial charge in [0.2, 0.25) is 0 Å². The van der Waals surface area contributed by atoms with E-state index in [1.165, 1.54) is 6.07 Å². The summed E-state index contributed by atoms with van der Waals surface area (Å²) in [4.78, 5) is 4.21. The van der Waals surface area contributed by atoms with Gasteiger partial charge in [-0.25, -0.2) is 4.39 Å². The molecule has 104 valence electrons. The van der Waals surface area contributed by atoms with Gasteiger partial charge in [-0.1, -0.05) is 12.1 Å². The highest BCUT2D eigenvalue weighted by Gasteiger charge is 2.15. The van der Waals surface area contributed by atoms with E-state index in [2.05, 4.69) is 15.2 Å². The van der Waals surface area contributed by atoms with Crippen LogP contribution in [0.15, 0.2) is 36.5 Å². The Morgan fingerprint density at radius 1 is 1.19 bits per heavy atom. The molecule has 21 heavy (non-hydrogen) atoms. The predicted octanol–water partition coefficient (Wildman–Crippen LogP) is 3.15. The number of H-pyrrole nitrogens is 1. The molecule has 5 nitrogen and oxygen atoms in total. The molecule has 0 aliphatic rings. The van der Waals surface area contributed by atoms with Gasteiger partial charge in [-0.3, -0.25) is 10.1 Å². The van der Waals surface area contributed by atoms with Crippen molar-refractivity contribution in [3.63, 3.8) is 0 Å². The van der Waals surface area contributed by atoms with Gasteiger partial charge in [0, 0.05) is 23.4 Å². The van der Waals surface area contributed by atoms with Gasteiger partial charge in [0.1, 0.15) is 11.5 Å². The van der Waals surface area contributed by atoms with Crippen LogP contribution in [-0.4, -0.2) is 27.6 Å². The molecule has 0 radical (unpaired) electrons. The minimum atomic E-state index is -0.488. The highest BCUT2D eigenvalue weighted by atomic mass is 19.1. The first kappa shape index (κ1) is 13.1. The number of aromatic nitrogens is 3. The van der Waals surface area contributed by atoms with Crippen molar-refractivity contribution >= 4 is 23.3 Å². The van der Waals surface area contributed by atoms with Gasteiger partial charge in [0.05, 0.1) is 23.3 Å². The molecule has 0 amide bonds. The van der Waals surface area contributed by atoms with E-state index in [-0.39, 0.29) is 5.82 Å². The average Bonchev–Trinajstić information content (AvgIpc) is 2.92. The second-order valence-electron chi connectivity index (χ2n) is 4.57. The lowest BCUT2D eigenvalue weighted by Gasteiger charge is -2.05. The number of nitrogens with zero attached hydrogens (tertiary/aromatic N) is 2. The zero-order valence-corrected chi connectivity index (χ0v) is 11.0. The Kier molecular flexibility index (Phi) is 3.27. The van der Waals surface area contributed by atoms with Crippen molar-refractivity contribution in [3.8, 4) is 11.3 Å². The van der Waals surface area contributed by atoms with Gasteiger partial charge in [-0.05, 0) is 18.2 Å². The van der Waals surface area contributed by atoms with E-state index in [0.717, 1.165) is 17.8 Å². The lowest BCUT2D eigenvalue weighted by molar-refractivity contribution is 0.631. The molecule has 6 heteroatoms. The monoisotopic (exact) mass is 281 g/mol. The normalized spacial score (nSPS) is 12.2. The summed E-state index contributed by atoms with van der Waals surface area (Å²) in [5.74, 6) is -0.835. The van der Waals surface area contributed by atoms with Crippen LogP contribution in [0, 0.1) is 16.6 Å². The minimum absolute atomic E-state index is 0.347. The van der Waals surface area contributed by atoms with E-state index < -0.39 is 5.92 Å². The maximum atomic E-state index is 13.9. The molecule has 0 aliphatic carbocycles. The summed E-state index contributed by atoms with van der Waals surface area (Å²) in [6.45, 7) is 0. The molecule has 3 N–H and O–H groups in total. The molecule has 0 aliphatic heterocycles. The van der Waals surface area contributed by atoms with E-state index in [4.69, 9.17) is 10.8 Å². The first-order valence-corrected chi connectivity index (χ1v) is 6.34. The van der Waals surface area contributed by atoms with Gasteiger partial charge in [-0.15, -0.1) is 0 Å². The SMILES string of the molecule is N=CC(C=N)c1cc2c(-c3ccccc3F)n[nH]c2cn1. The third-order valence-corrected chi connectivity index (χ3v) is 3.30. The Morgan fingerprint density at radius 3 is 2.67 bits per heavy atom. The zero-order chi connectivity index (χ0) is 14.8. The number of hydrogen-bond acceptors (Lipinski definition) is 4. The highest BCUT2D eigenvalue weighted by Crippen LogP contribution is 2.29. The van der Waals surface area contributed by atoms with Crippen molar-refractivity contribution in [1.82, 2.24) is 15.2 Å². The number of pyridine rings is 1. The summed E-state index contributed by atoms with van der Waals surface area (Å²) in [6.07, 6.45) is 3.87. The molecular formula is C15H12FN5. The van der Waals surface area contributed by atoms with Crippen LogP contribution in [0.3, 0.4) is 0 Å². The summed E-state index contributed by atoms with van der Waals surface area (Å²) >= 11 is 0. The van der Waals surface area contributed by atoms with Crippen molar-refractivity contribution in [3.05, 3.63) is 48.0 Å². The molecule has 0 spiro atoms. The van der Waals surface area contributed by atoms with E-state index in [1.807, 2.05) is 0 Å². The van der Waals surface area contributed by atoms with Crippen LogP contribution in [0.1, 0.15) is 11.6 Å². The number of fused-ring (bicyclic) bond motifs is 1. The fourth-order valence-corrected chi connectivity index (χ4v) is 2.19. The van der Waals surface area contributed by atoms with Crippen LogP contribution in [0.4, 0.5) is 4.39 Å². The number of nitrogens with one attached hydrogen (secondary N) is 3. The highest BCUT2D eigenvalue weighted by molar-refractivity contribution is 5.94. The molecule has 0 saturated heterocycles. The number of hydrogen-bond donors (Lipinski definition) is 3. The summed E-state index contributed by atoms with van der Waals surface area (Å²) in [5.41, 5.74) is 2.15. The predicted molar refractivity (Wildman–Crippen MR) is 79.6 cm³/mol. The van der Waals surface area contributed by atoms with Gasteiger partial charge >= 0.3 is 0 Å². The zero-order valence-electron chi connectivity index (χ0n) is 11.0. The number of rotatable bonds is 4. The number of halogens is 1. The third-order valence-electron chi connectivity index (χ3n) is 3.30. The lowest BCUT2D eigenvalue weighted by Crippen LogP contribution is -2.02. The fraction of sp³-hybridized carbons (Fsp3) is 0.0667. The maximum Gasteiger partial charge on any atom is 0.132 e. The summed E-state index contributed by atoms with van der Waals surface area (Å²) in [7, 11) is 0. The number of aromatic amines is 1. The smallest absolute Gasteiger partial charge is 0.132 e. The molecular weight excluding hydrogens is 269 g/mol. The summed E-state index contributed by atoms with van der Waals surface area (Å²) in [5, 5.41) is 22.3. The van der Waals surface area contributed by atoms with Gasteiger partial charge in [-0.2, -0.15) is 5.10 Å². The van der Waals surface area contributed by atoms with Crippen LogP contribution in [0.5, 0.6) is 0 Å². The number of benzene rings is 1. The van der Waals surface area contributed by atoms with Crippen LogP contribution < -0.4 is 0 Å². The van der Waals surface area contributed by atoms with Gasteiger partial charge in [0.15, 0.2) is 0 Å². The fourth-order valence-electron chi connectivity index (χ4n) is 2.19. The Morgan fingerprint density at radius 2 is 1.95 bits per heavy atom. The Bertz CT molecular complexity index is 816. The van der Waals surface area contributed by atoms with Crippen LogP contribution in [0.25, 0.3) is 22.2 Å². The van der Waals surface area contributed by atoms with Crippen molar-refractivity contribution in [2.45, 2.75) is 5.92 Å². The Hall–Kier alpha value is -2.89. The molecule has 0 unspecified atom stereocenters. The molecule has 0 bridgehead atoms. The molecule has 0 saturated carbocycles. The topological polar surface area (TPSA) is 89.3 Å². The molecule has 3 rings (SSSR count). The second kappa shape index (κ2) is 5.24. The molecule has 2 aromatic heterocycles. The van der Waals surface area contributed by atoms with Crippen molar-refractivity contribution in [1.29, 1.82) is 10.8 Å². The van der Waals surface area contributed by atoms with Crippen molar-refractivity contribution in [2.75, 3.05) is 0 Å². The minimum Gasteiger partial charge on any atom is -0.312 e. The molecule has 2 heterocycles. The van der Waals surface area contributed by atoms with Crippen LogP contribution in [-0.2, 0) is 0 Å². The Labute approximate surface area is 119 Å². The first-order valence-electron chi connectivity index (χ1n) is 6.34. The van der Waals surface area contributed by atoms with Crippen LogP contribution >= 0.6 is 0 Å². The largest absolute Gasteiger partial charge is 0.312 e. The Balaban J connectivity index is 2.21. The van der Waals surface area contributed by atoms with Crippen LogP contribution in [0.2, 0.25) is 0 Å². The second-order valence-corrected chi connectivity index (χ2v) is 4.57. The van der Waals surface area contributed by atoms with E-state index >= 15 is 0 Å². The van der Waals surface area contributed by atoms with Crippen molar-refractivity contribution < 1.29 is 4.39 Å². The molecule has 1 aromatic carbocycles. The first-order chi connectivity index (χ1) is 10.2. The van der Waals surface area contributed by atoms with E-state index in [9.17, 15) is 4.39 Å². The molecule has 0 fully saturated rings. The lowest BCUT2D eigenvalue weighted by atomic mass is 10.0. The van der Waals surface area contributed by atoms with Gasteiger partial charge < -0.3 is 10.8 Å².